The molecule has 0 radical (unpaired) electrons. The van der Waals surface area contributed by atoms with Gasteiger partial charge in [0.25, 0.3) is 5.91 Å². The second-order valence-corrected chi connectivity index (χ2v) is 7.83. The van der Waals surface area contributed by atoms with Crippen molar-refractivity contribution in [2.75, 3.05) is 12.4 Å². The molecule has 2 heterocycles. The Morgan fingerprint density at radius 3 is 2.77 bits per heavy atom. The van der Waals surface area contributed by atoms with Gasteiger partial charge in [-0.25, -0.2) is 4.39 Å². The van der Waals surface area contributed by atoms with Crippen LogP contribution in [-0.2, 0) is 6.54 Å². The molecule has 0 aliphatic rings. The zero-order valence-electron chi connectivity index (χ0n) is 16.2. The van der Waals surface area contributed by atoms with Crippen molar-refractivity contribution in [2.45, 2.75) is 6.54 Å². The topological polar surface area (TPSA) is 84.8 Å². The van der Waals surface area contributed by atoms with E-state index in [2.05, 4.69) is 36.5 Å². The molecule has 2 aromatic heterocycles. The first-order valence-corrected chi connectivity index (χ1v) is 10.3. The number of nitrogens with one attached hydrogen (secondary N) is 2. The fraction of sp³-hybridized carbons (Fsp3) is 0.0952. The van der Waals surface area contributed by atoms with Gasteiger partial charge in [0.15, 0.2) is 5.82 Å². The predicted molar refractivity (Wildman–Crippen MR) is 119 cm³/mol. The third-order valence-electron chi connectivity index (χ3n) is 4.54. The summed E-state index contributed by atoms with van der Waals surface area (Å²) in [6.07, 6.45) is 1.63. The van der Waals surface area contributed by atoms with Crippen LogP contribution >= 0.6 is 27.5 Å². The number of rotatable bonds is 6. The summed E-state index contributed by atoms with van der Waals surface area (Å²) >= 11 is 9.44. The predicted octanol–water partition coefficient (Wildman–Crippen LogP) is 5.14. The summed E-state index contributed by atoms with van der Waals surface area (Å²) in [6, 6.07) is 13.5. The van der Waals surface area contributed by atoms with E-state index in [0.717, 1.165) is 11.3 Å². The molecule has 0 saturated carbocycles. The van der Waals surface area contributed by atoms with E-state index in [1.54, 1.807) is 25.4 Å². The number of hydrogen-bond acceptors (Lipinski definition) is 4. The average molecular weight is 505 g/mol. The van der Waals surface area contributed by atoms with Crippen LogP contribution < -0.4 is 10.1 Å². The number of ether oxygens (including phenoxy) is 1. The van der Waals surface area contributed by atoms with E-state index >= 15 is 0 Å². The van der Waals surface area contributed by atoms with Crippen LogP contribution in [0.4, 0.5) is 10.2 Å². The van der Waals surface area contributed by atoms with E-state index in [-0.39, 0.29) is 18.1 Å². The van der Waals surface area contributed by atoms with Gasteiger partial charge in [0, 0.05) is 22.3 Å². The largest absolute Gasteiger partial charge is 0.497 e. The van der Waals surface area contributed by atoms with Crippen LogP contribution in [-0.4, -0.2) is 33.0 Å². The van der Waals surface area contributed by atoms with Crippen molar-refractivity contribution < 1.29 is 13.9 Å². The first-order chi connectivity index (χ1) is 14.9. The molecule has 7 nitrogen and oxygen atoms in total. The summed E-state index contributed by atoms with van der Waals surface area (Å²) in [4.78, 5) is 12.6. The number of aromatic amines is 1. The summed E-state index contributed by atoms with van der Waals surface area (Å²) in [5.41, 5.74) is 2.04. The second-order valence-electron chi connectivity index (χ2n) is 6.57. The monoisotopic (exact) mass is 503 g/mol. The third kappa shape index (κ3) is 4.62. The highest BCUT2D eigenvalue weighted by Gasteiger charge is 2.16. The van der Waals surface area contributed by atoms with Gasteiger partial charge in [-0.05, 0) is 58.4 Å². The van der Waals surface area contributed by atoms with Crippen LogP contribution in [0.1, 0.15) is 16.1 Å². The van der Waals surface area contributed by atoms with E-state index in [1.807, 2.05) is 24.3 Å². The smallest absolute Gasteiger partial charge is 0.274 e. The van der Waals surface area contributed by atoms with Crippen LogP contribution in [0.2, 0.25) is 5.02 Å². The molecule has 0 aliphatic heterocycles. The van der Waals surface area contributed by atoms with E-state index in [4.69, 9.17) is 16.3 Å². The minimum Gasteiger partial charge on any atom is -0.497 e. The third-order valence-corrected chi connectivity index (χ3v) is 5.47. The number of nitrogens with zero attached hydrogens (tertiary/aromatic N) is 3. The molecule has 0 aliphatic carbocycles. The summed E-state index contributed by atoms with van der Waals surface area (Å²) in [5.74, 6) is 0.183. The number of benzene rings is 2. The summed E-state index contributed by atoms with van der Waals surface area (Å²) in [6.45, 7) is 0.117. The van der Waals surface area contributed by atoms with Gasteiger partial charge in [0.1, 0.15) is 17.3 Å². The molecule has 0 bridgehead atoms. The van der Waals surface area contributed by atoms with Crippen molar-refractivity contribution in [1.29, 1.82) is 0 Å². The lowest BCUT2D eigenvalue weighted by Crippen LogP contribution is -2.13. The van der Waals surface area contributed by atoms with Crippen molar-refractivity contribution in [3.8, 4) is 17.0 Å². The fourth-order valence-electron chi connectivity index (χ4n) is 2.93. The zero-order chi connectivity index (χ0) is 22.0. The number of carbonyl (C=O) groups excluding carboxylic acids is 1. The Labute approximate surface area is 190 Å². The lowest BCUT2D eigenvalue weighted by atomic mass is 10.1. The van der Waals surface area contributed by atoms with Gasteiger partial charge in [0.2, 0.25) is 0 Å². The quantitative estimate of drug-likeness (QED) is 0.381. The number of hydrogen-bond donors (Lipinski definition) is 2. The zero-order valence-corrected chi connectivity index (χ0v) is 18.5. The van der Waals surface area contributed by atoms with Gasteiger partial charge in [-0.1, -0.05) is 17.7 Å². The average Bonchev–Trinajstić information content (AvgIpc) is 3.38. The van der Waals surface area contributed by atoms with Crippen molar-refractivity contribution in [3.63, 3.8) is 0 Å². The van der Waals surface area contributed by atoms with Crippen molar-refractivity contribution in [3.05, 3.63) is 81.3 Å². The number of aromatic nitrogens is 4. The fourth-order valence-corrected chi connectivity index (χ4v) is 3.57. The standard InChI is InChI=1S/C21H16BrClFN5O2/c1-31-13-7-5-12(6-8-13)18-9-19(27-26-18)21(30)25-20-15(22)11-29(28-20)10-14-16(23)3-2-4-17(14)24/h2-9,11H,10H2,1H3,(H,26,27)(H,25,28,30). The number of methoxy groups -OCH3 is 1. The van der Waals surface area contributed by atoms with E-state index < -0.39 is 11.7 Å². The van der Waals surface area contributed by atoms with Crippen LogP contribution in [0.5, 0.6) is 5.75 Å². The summed E-state index contributed by atoms with van der Waals surface area (Å²) in [7, 11) is 1.59. The van der Waals surface area contributed by atoms with Gasteiger partial charge in [-0.15, -0.1) is 0 Å². The number of H-pyrrole nitrogens is 1. The van der Waals surface area contributed by atoms with E-state index in [9.17, 15) is 9.18 Å². The van der Waals surface area contributed by atoms with Crippen molar-refractivity contribution in [1.82, 2.24) is 20.0 Å². The molecule has 0 spiro atoms. The number of halogens is 3. The van der Waals surface area contributed by atoms with Gasteiger partial charge in [-0.3, -0.25) is 14.6 Å². The Hall–Kier alpha value is -3.17. The Morgan fingerprint density at radius 2 is 2.06 bits per heavy atom. The Morgan fingerprint density at radius 1 is 1.29 bits per heavy atom. The first kappa shape index (κ1) is 21.1. The molecule has 1 amide bonds. The van der Waals surface area contributed by atoms with E-state index in [0.29, 0.717) is 20.8 Å². The Balaban J connectivity index is 1.48. The number of amides is 1. The molecule has 0 atom stereocenters. The molecule has 2 aromatic carbocycles. The summed E-state index contributed by atoms with van der Waals surface area (Å²) < 4.78 is 21.2. The molecule has 0 unspecified atom stereocenters. The highest BCUT2D eigenvalue weighted by molar-refractivity contribution is 9.10. The van der Waals surface area contributed by atoms with Crippen LogP contribution in [0.3, 0.4) is 0 Å². The molecule has 4 aromatic rings. The minimum absolute atomic E-state index is 0.117. The molecule has 4 rings (SSSR count). The lowest BCUT2D eigenvalue weighted by Gasteiger charge is -2.05. The maximum Gasteiger partial charge on any atom is 0.274 e. The van der Waals surface area contributed by atoms with Crippen LogP contribution in [0.15, 0.2) is 59.2 Å². The molecule has 0 saturated heterocycles. The first-order valence-electron chi connectivity index (χ1n) is 9.11. The molecule has 0 fully saturated rings. The summed E-state index contributed by atoms with van der Waals surface area (Å²) in [5, 5.41) is 14.2. The maximum atomic E-state index is 14.0. The minimum atomic E-state index is -0.423. The second kappa shape index (κ2) is 8.91. The highest BCUT2D eigenvalue weighted by Crippen LogP contribution is 2.25. The van der Waals surface area contributed by atoms with Gasteiger partial charge < -0.3 is 10.1 Å². The number of carbonyl (C=O) groups is 1. The normalized spacial score (nSPS) is 10.8. The van der Waals surface area contributed by atoms with Crippen LogP contribution in [0, 0.1) is 5.82 Å². The van der Waals surface area contributed by atoms with Gasteiger partial charge >= 0.3 is 0 Å². The molecule has 31 heavy (non-hydrogen) atoms. The van der Waals surface area contributed by atoms with Gasteiger partial charge in [-0.2, -0.15) is 10.2 Å². The maximum absolute atomic E-state index is 14.0. The SMILES string of the molecule is COc1ccc(-c2cc(C(=O)Nc3nn(Cc4c(F)cccc4Cl)cc3Br)[nH]n2)cc1. The number of anilines is 1. The van der Waals surface area contributed by atoms with Crippen molar-refractivity contribution in [2.24, 2.45) is 0 Å². The van der Waals surface area contributed by atoms with Gasteiger partial charge in [0.05, 0.1) is 23.8 Å². The van der Waals surface area contributed by atoms with Crippen molar-refractivity contribution >= 4 is 39.3 Å². The Bertz CT molecular complexity index is 1220. The highest BCUT2D eigenvalue weighted by atomic mass is 79.9. The Kier molecular flexibility index (Phi) is 6.06. The van der Waals surface area contributed by atoms with E-state index in [1.165, 1.54) is 16.8 Å². The lowest BCUT2D eigenvalue weighted by molar-refractivity contribution is 0.102. The molecular weight excluding hydrogens is 489 g/mol. The molecular formula is C21H16BrClFN5O2. The molecule has 10 heteroatoms. The molecule has 158 valence electrons. The molecule has 2 N–H and O–H groups in total. The van der Waals surface area contributed by atoms with Crippen LogP contribution in [0.25, 0.3) is 11.3 Å².